The van der Waals surface area contributed by atoms with Crippen molar-refractivity contribution in [3.63, 3.8) is 0 Å². The molecule has 0 spiro atoms. The Hall–Kier alpha value is -1.22. The molecule has 22 heavy (non-hydrogen) atoms. The summed E-state index contributed by atoms with van der Waals surface area (Å²) in [6, 6.07) is 2.68. The molecule has 1 aliphatic rings. The largest absolute Gasteiger partial charge is 0.387 e. The van der Waals surface area contributed by atoms with Crippen molar-refractivity contribution in [3.05, 3.63) is 29.0 Å². The van der Waals surface area contributed by atoms with Crippen LogP contribution >= 0.6 is 11.6 Å². The smallest absolute Gasteiger partial charge is 0.245 e. The molecule has 122 valence electrons. The molecule has 0 radical (unpaired) electrons. The molecule has 1 aromatic rings. The minimum Gasteiger partial charge on any atom is -0.387 e. The van der Waals surface area contributed by atoms with Gasteiger partial charge in [-0.1, -0.05) is 11.6 Å². The zero-order valence-electron chi connectivity index (χ0n) is 11.6. The average Bonchev–Trinajstić information content (AvgIpc) is 2.87. The maximum atomic E-state index is 13.1. The van der Waals surface area contributed by atoms with Crippen LogP contribution in [0.4, 0.5) is 4.39 Å². The van der Waals surface area contributed by atoms with Gasteiger partial charge in [-0.25, -0.2) is 17.5 Å². The van der Waals surface area contributed by atoms with Gasteiger partial charge in [0.15, 0.2) is 0 Å². The predicted octanol–water partition coefficient (Wildman–Crippen LogP) is 0.787. The Balaban J connectivity index is 2.01. The van der Waals surface area contributed by atoms with Gasteiger partial charge in [0.2, 0.25) is 15.9 Å². The van der Waals surface area contributed by atoms with Crippen molar-refractivity contribution in [2.75, 3.05) is 6.61 Å². The minimum atomic E-state index is -3.80. The van der Waals surface area contributed by atoms with Gasteiger partial charge in [0.1, 0.15) is 12.4 Å². The van der Waals surface area contributed by atoms with E-state index in [2.05, 4.69) is 10.0 Å². The van der Waals surface area contributed by atoms with Crippen molar-refractivity contribution in [1.29, 1.82) is 0 Å². The molecule has 1 aromatic carbocycles. The summed E-state index contributed by atoms with van der Waals surface area (Å²) in [4.78, 5) is 11.0. The third kappa shape index (κ3) is 4.16. The highest BCUT2D eigenvalue weighted by Crippen LogP contribution is 2.23. The summed E-state index contributed by atoms with van der Waals surface area (Å²) < 4.78 is 40.0. The molecule has 3 N–H and O–H groups in total. The fraction of sp³-hybridized carbons (Fsp3) is 0.462. The highest BCUT2D eigenvalue weighted by atomic mass is 35.5. The van der Waals surface area contributed by atoms with E-state index in [1.165, 1.54) is 0 Å². The zero-order chi connectivity index (χ0) is 16.3. The molecule has 9 heteroatoms. The molecule has 2 rings (SSSR count). The number of amides is 1. The summed E-state index contributed by atoms with van der Waals surface area (Å²) in [5.41, 5.74) is 0. The molecule has 1 saturated carbocycles. The summed E-state index contributed by atoms with van der Waals surface area (Å²) in [5, 5.41) is 11.0. The number of carbonyl (C=O) groups is 1. The normalized spacial score (nSPS) is 21.8. The number of nitrogens with one attached hydrogen (secondary N) is 2. The second kappa shape index (κ2) is 6.91. The monoisotopic (exact) mass is 350 g/mol. The van der Waals surface area contributed by atoms with Crippen LogP contribution in [0.25, 0.3) is 0 Å². The molecule has 1 fully saturated rings. The number of rotatable bonds is 5. The number of hydrogen-bond donors (Lipinski definition) is 3. The number of halogens is 2. The van der Waals surface area contributed by atoms with E-state index in [4.69, 9.17) is 16.7 Å². The molecular formula is C13H16ClFN2O4S. The first-order valence-electron chi connectivity index (χ1n) is 6.69. The SMILES string of the molecule is O=C(CO)N[C@H]1CC[C@@H](NS(=O)(=O)c2ccc(F)c(Cl)c2)C1. The lowest BCUT2D eigenvalue weighted by molar-refractivity contribution is -0.124. The second-order valence-electron chi connectivity index (χ2n) is 5.13. The lowest BCUT2D eigenvalue weighted by Crippen LogP contribution is -2.38. The standard InChI is InChI=1S/C13H16ClFN2O4S/c14-11-6-10(3-4-12(11)15)22(20,21)17-9-2-1-8(5-9)16-13(19)7-18/h3-4,6,8-9,17-18H,1-2,5,7H2,(H,16,19)/t8-,9+/m0/s1. The summed E-state index contributed by atoms with van der Waals surface area (Å²) in [6.07, 6.45) is 1.60. The molecule has 0 bridgehead atoms. The number of sulfonamides is 1. The summed E-state index contributed by atoms with van der Waals surface area (Å²) in [5.74, 6) is -1.17. The number of aliphatic hydroxyl groups is 1. The lowest BCUT2D eigenvalue weighted by Gasteiger charge is -2.14. The highest BCUT2D eigenvalue weighted by molar-refractivity contribution is 7.89. The maximum absolute atomic E-state index is 13.1. The van der Waals surface area contributed by atoms with E-state index in [1.54, 1.807) is 0 Å². The Morgan fingerprint density at radius 3 is 2.68 bits per heavy atom. The summed E-state index contributed by atoms with van der Waals surface area (Å²) in [6.45, 7) is -0.596. The van der Waals surface area contributed by atoms with E-state index < -0.39 is 28.4 Å². The fourth-order valence-electron chi connectivity index (χ4n) is 2.42. The number of hydrogen-bond acceptors (Lipinski definition) is 4. The van der Waals surface area contributed by atoms with Crippen molar-refractivity contribution < 1.29 is 22.7 Å². The van der Waals surface area contributed by atoms with Gasteiger partial charge in [0.25, 0.3) is 0 Å². The van der Waals surface area contributed by atoms with E-state index in [0.717, 1.165) is 18.2 Å². The van der Waals surface area contributed by atoms with Gasteiger partial charge < -0.3 is 10.4 Å². The molecule has 0 aliphatic heterocycles. The molecule has 0 aromatic heterocycles. The third-order valence-corrected chi connectivity index (χ3v) is 5.27. The Morgan fingerprint density at radius 2 is 2.05 bits per heavy atom. The first kappa shape index (κ1) is 17.1. The van der Waals surface area contributed by atoms with Gasteiger partial charge >= 0.3 is 0 Å². The van der Waals surface area contributed by atoms with Crippen LogP contribution in [0.3, 0.4) is 0 Å². The Kier molecular flexibility index (Phi) is 5.38. The van der Waals surface area contributed by atoms with Crippen LogP contribution in [0.15, 0.2) is 23.1 Å². The molecule has 2 atom stereocenters. The van der Waals surface area contributed by atoms with Crippen LogP contribution in [-0.2, 0) is 14.8 Å². The molecule has 0 unspecified atom stereocenters. The summed E-state index contributed by atoms with van der Waals surface area (Å²) in [7, 11) is -3.80. The van der Waals surface area contributed by atoms with Crippen LogP contribution in [-0.4, -0.2) is 38.1 Å². The number of benzene rings is 1. The maximum Gasteiger partial charge on any atom is 0.245 e. The Bertz CT molecular complexity index is 668. The van der Waals surface area contributed by atoms with E-state index in [9.17, 15) is 17.6 Å². The molecule has 1 aliphatic carbocycles. The van der Waals surface area contributed by atoms with Gasteiger partial charge in [-0.15, -0.1) is 0 Å². The minimum absolute atomic E-state index is 0.109. The van der Waals surface area contributed by atoms with Crippen molar-refractivity contribution in [2.24, 2.45) is 0 Å². The van der Waals surface area contributed by atoms with E-state index in [0.29, 0.717) is 19.3 Å². The Morgan fingerprint density at radius 1 is 1.36 bits per heavy atom. The zero-order valence-corrected chi connectivity index (χ0v) is 13.1. The third-order valence-electron chi connectivity index (χ3n) is 3.46. The van der Waals surface area contributed by atoms with Gasteiger partial charge in [-0.05, 0) is 37.5 Å². The van der Waals surface area contributed by atoms with Crippen molar-refractivity contribution in [3.8, 4) is 0 Å². The molecule has 0 heterocycles. The first-order valence-corrected chi connectivity index (χ1v) is 8.55. The molecular weight excluding hydrogens is 335 g/mol. The van der Waals surface area contributed by atoms with Crippen LogP contribution in [0.5, 0.6) is 0 Å². The van der Waals surface area contributed by atoms with E-state index >= 15 is 0 Å². The van der Waals surface area contributed by atoms with Crippen molar-refractivity contribution >= 4 is 27.5 Å². The fourth-order valence-corrected chi connectivity index (χ4v) is 3.98. The quantitative estimate of drug-likeness (QED) is 0.731. The van der Waals surface area contributed by atoms with Gasteiger partial charge in [0.05, 0.1) is 9.92 Å². The predicted molar refractivity (Wildman–Crippen MR) is 78.4 cm³/mol. The molecule has 1 amide bonds. The van der Waals surface area contributed by atoms with Crippen LogP contribution < -0.4 is 10.0 Å². The van der Waals surface area contributed by atoms with Gasteiger partial charge in [0, 0.05) is 12.1 Å². The number of aliphatic hydroxyl groups excluding tert-OH is 1. The molecule has 0 saturated heterocycles. The number of carbonyl (C=O) groups excluding carboxylic acids is 1. The topological polar surface area (TPSA) is 95.5 Å². The van der Waals surface area contributed by atoms with Gasteiger partial charge in [-0.2, -0.15) is 0 Å². The van der Waals surface area contributed by atoms with Crippen LogP contribution in [0.2, 0.25) is 5.02 Å². The van der Waals surface area contributed by atoms with Crippen LogP contribution in [0, 0.1) is 5.82 Å². The van der Waals surface area contributed by atoms with Crippen molar-refractivity contribution in [2.45, 2.75) is 36.2 Å². The highest BCUT2D eigenvalue weighted by Gasteiger charge is 2.29. The van der Waals surface area contributed by atoms with Gasteiger partial charge in [-0.3, -0.25) is 4.79 Å². The molecule has 6 nitrogen and oxygen atoms in total. The van der Waals surface area contributed by atoms with E-state index in [1.807, 2.05) is 0 Å². The van der Waals surface area contributed by atoms with E-state index in [-0.39, 0.29) is 22.0 Å². The van der Waals surface area contributed by atoms with Crippen LogP contribution in [0.1, 0.15) is 19.3 Å². The average molecular weight is 351 g/mol. The Labute approximate surface area is 132 Å². The first-order chi connectivity index (χ1) is 10.3. The lowest BCUT2D eigenvalue weighted by atomic mass is 10.2. The van der Waals surface area contributed by atoms with Crippen molar-refractivity contribution in [1.82, 2.24) is 10.0 Å². The second-order valence-corrected chi connectivity index (χ2v) is 7.25. The summed E-state index contributed by atoms with van der Waals surface area (Å²) >= 11 is 5.59.